The van der Waals surface area contributed by atoms with Gasteiger partial charge in [0.25, 0.3) is 0 Å². The number of nitriles is 1. The molecule has 0 heterocycles. The molecule has 0 bridgehead atoms. The number of benzene rings is 1. The molecule has 0 aliphatic carbocycles. The quantitative estimate of drug-likeness (QED) is 0.836. The fourth-order valence-corrected chi connectivity index (χ4v) is 2.10. The van der Waals surface area contributed by atoms with Gasteiger partial charge in [0.2, 0.25) is 0 Å². The van der Waals surface area contributed by atoms with Crippen molar-refractivity contribution in [2.24, 2.45) is 5.92 Å². The van der Waals surface area contributed by atoms with E-state index in [4.69, 9.17) is 5.26 Å². The predicted octanol–water partition coefficient (Wildman–Crippen LogP) is 4.33. The third kappa shape index (κ3) is 4.07. The highest BCUT2D eigenvalue weighted by atomic mass is 14.9. The van der Waals surface area contributed by atoms with Crippen molar-refractivity contribution >= 4 is 5.69 Å². The van der Waals surface area contributed by atoms with Gasteiger partial charge in [0.05, 0.1) is 11.5 Å². The van der Waals surface area contributed by atoms with Crippen LogP contribution in [0.2, 0.25) is 0 Å². The molecule has 98 valence electrons. The summed E-state index contributed by atoms with van der Waals surface area (Å²) in [7, 11) is 0. The molecule has 2 nitrogen and oxygen atoms in total. The molecule has 0 aromatic heterocycles. The average molecular weight is 244 g/mol. The van der Waals surface area contributed by atoms with Gasteiger partial charge in [0, 0.05) is 11.7 Å². The molecule has 1 aromatic rings. The third-order valence-corrected chi connectivity index (χ3v) is 3.12. The van der Waals surface area contributed by atoms with E-state index in [1.807, 2.05) is 26.0 Å². The minimum absolute atomic E-state index is 0.415. The Balaban J connectivity index is 2.70. The Morgan fingerprint density at radius 2 is 1.72 bits per heavy atom. The zero-order valence-electron chi connectivity index (χ0n) is 12.1. The summed E-state index contributed by atoms with van der Waals surface area (Å²) in [5, 5.41) is 12.6. The van der Waals surface area contributed by atoms with E-state index in [9.17, 15) is 0 Å². The van der Waals surface area contributed by atoms with Crippen molar-refractivity contribution in [1.29, 1.82) is 5.26 Å². The standard InChI is InChI=1S/C16H24N2/c1-12(2)10-13(3)18-15-8-6-14(7-9-15)16(4,5)11-17/h6-9,12-13,18H,10H2,1-5H3. The van der Waals surface area contributed by atoms with E-state index in [0.717, 1.165) is 17.7 Å². The zero-order chi connectivity index (χ0) is 13.8. The summed E-state index contributed by atoms with van der Waals surface area (Å²) in [5.41, 5.74) is 1.77. The van der Waals surface area contributed by atoms with Crippen molar-refractivity contribution in [2.45, 2.75) is 52.5 Å². The lowest BCUT2D eigenvalue weighted by Gasteiger charge is -2.19. The van der Waals surface area contributed by atoms with Crippen molar-refractivity contribution in [1.82, 2.24) is 0 Å². The molecule has 0 aliphatic rings. The summed E-state index contributed by atoms with van der Waals surface area (Å²) in [6.07, 6.45) is 1.16. The lowest BCUT2D eigenvalue weighted by atomic mass is 9.86. The molecule has 0 aliphatic heterocycles. The summed E-state index contributed by atoms with van der Waals surface area (Å²) in [5.74, 6) is 0.698. The monoisotopic (exact) mass is 244 g/mol. The van der Waals surface area contributed by atoms with Crippen LogP contribution in [0.25, 0.3) is 0 Å². The van der Waals surface area contributed by atoms with Gasteiger partial charge in [-0.05, 0) is 50.8 Å². The molecular formula is C16H24N2. The van der Waals surface area contributed by atoms with Crippen LogP contribution in [0.5, 0.6) is 0 Å². The molecular weight excluding hydrogens is 220 g/mol. The Hall–Kier alpha value is -1.49. The van der Waals surface area contributed by atoms with Crippen LogP contribution in [0.4, 0.5) is 5.69 Å². The number of nitrogens with zero attached hydrogens (tertiary/aromatic N) is 1. The summed E-state index contributed by atoms with van der Waals surface area (Å²) in [4.78, 5) is 0. The molecule has 0 saturated carbocycles. The van der Waals surface area contributed by atoms with Crippen LogP contribution in [0.15, 0.2) is 24.3 Å². The second kappa shape index (κ2) is 5.91. The summed E-state index contributed by atoms with van der Waals surface area (Å²) in [6.45, 7) is 10.5. The third-order valence-electron chi connectivity index (χ3n) is 3.12. The Labute approximate surface area is 111 Å². The van der Waals surface area contributed by atoms with Crippen LogP contribution >= 0.6 is 0 Å². The van der Waals surface area contributed by atoms with Crippen molar-refractivity contribution in [3.05, 3.63) is 29.8 Å². The van der Waals surface area contributed by atoms with Crippen LogP contribution in [-0.2, 0) is 5.41 Å². The Bertz CT molecular complexity index is 410. The fourth-order valence-electron chi connectivity index (χ4n) is 2.10. The molecule has 0 spiro atoms. The van der Waals surface area contributed by atoms with Crippen LogP contribution in [-0.4, -0.2) is 6.04 Å². The normalized spacial score (nSPS) is 13.2. The van der Waals surface area contributed by atoms with Gasteiger partial charge in [-0.1, -0.05) is 26.0 Å². The first kappa shape index (κ1) is 14.6. The minimum Gasteiger partial charge on any atom is -0.383 e. The molecule has 1 aromatic carbocycles. The Kier molecular flexibility index (Phi) is 4.78. The molecule has 2 heteroatoms. The lowest BCUT2D eigenvalue weighted by molar-refractivity contribution is 0.540. The Morgan fingerprint density at radius 3 is 2.17 bits per heavy atom. The highest BCUT2D eigenvalue weighted by Gasteiger charge is 2.19. The molecule has 18 heavy (non-hydrogen) atoms. The van der Waals surface area contributed by atoms with Crippen molar-refractivity contribution in [3.8, 4) is 6.07 Å². The van der Waals surface area contributed by atoms with E-state index in [1.165, 1.54) is 0 Å². The van der Waals surface area contributed by atoms with E-state index in [2.05, 4.69) is 44.3 Å². The number of nitrogens with one attached hydrogen (secondary N) is 1. The van der Waals surface area contributed by atoms with Gasteiger partial charge in [-0.15, -0.1) is 0 Å². The van der Waals surface area contributed by atoms with E-state index in [1.54, 1.807) is 0 Å². The highest BCUT2D eigenvalue weighted by Crippen LogP contribution is 2.24. The maximum Gasteiger partial charge on any atom is 0.0766 e. The molecule has 1 unspecified atom stereocenters. The number of anilines is 1. The van der Waals surface area contributed by atoms with Crippen molar-refractivity contribution in [2.75, 3.05) is 5.32 Å². The second-order valence-corrected chi connectivity index (χ2v) is 5.99. The highest BCUT2D eigenvalue weighted by molar-refractivity contribution is 5.47. The van der Waals surface area contributed by atoms with Crippen molar-refractivity contribution < 1.29 is 0 Å². The van der Waals surface area contributed by atoms with Gasteiger partial charge < -0.3 is 5.32 Å². The predicted molar refractivity (Wildman–Crippen MR) is 77.6 cm³/mol. The van der Waals surface area contributed by atoms with E-state index >= 15 is 0 Å². The number of hydrogen-bond acceptors (Lipinski definition) is 2. The minimum atomic E-state index is -0.415. The zero-order valence-corrected chi connectivity index (χ0v) is 12.1. The van der Waals surface area contributed by atoms with Gasteiger partial charge in [0.15, 0.2) is 0 Å². The maximum atomic E-state index is 9.10. The van der Waals surface area contributed by atoms with Crippen molar-refractivity contribution in [3.63, 3.8) is 0 Å². The van der Waals surface area contributed by atoms with Crippen LogP contribution in [0.1, 0.15) is 46.6 Å². The first-order chi connectivity index (χ1) is 8.35. The summed E-state index contributed by atoms with van der Waals surface area (Å²) < 4.78 is 0. The van der Waals surface area contributed by atoms with Gasteiger partial charge >= 0.3 is 0 Å². The Morgan fingerprint density at radius 1 is 1.17 bits per heavy atom. The molecule has 0 amide bonds. The molecule has 0 saturated heterocycles. The smallest absolute Gasteiger partial charge is 0.0766 e. The molecule has 0 fully saturated rings. The molecule has 0 radical (unpaired) electrons. The van der Waals surface area contributed by atoms with Crippen LogP contribution in [0.3, 0.4) is 0 Å². The molecule has 1 N–H and O–H groups in total. The van der Waals surface area contributed by atoms with E-state index in [0.29, 0.717) is 12.0 Å². The topological polar surface area (TPSA) is 35.8 Å². The van der Waals surface area contributed by atoms with Gasteiger partial charge in [-0.25, -0.2) is 0 Å². The molecule has 1 atom stereocenters. The lowest BCUT2D eigenvalue weighted by Crippen LogP contribution is -2.18. The van der Waals surface area contributed by atoms with Crippen LogP contribution in [0, 0.1) is 17.2 Å². The second-order valence-electron chi connectivity index (χ2n) is 5.99. The largest absolute Gasteiger partial charge is 0.383 e. The first-order valence-electron chi connectivity index (χ1n) is 6.63. The van der Waals surface area contributed by atoms with Gasteiger partial charge in [-0.2, -0.15) is 5.26 Å². The van der Waals surface area contributed by atoms with E-state index < -0.39 is 5.41 Å². The van der Waals surface area contributed by atoms with Gasteiger partial charge in [0.1, 0.15) is 0 Å². The van der Waals surface area contributed by atoms with E-state index in [-0.39, 0.29) is 0 Å². The SMILES string of the molecule is CC(C)CC(C)Nc1ccc(C(C)(C)C#N)cc1. The fraction of sp³-hybridized carbons (Fsp3) is 0.562. The van der Waals surface area contributed by atoms with Crippen LogP contribution < -0.4 is 5.32 Å². The summed E-state index contributed by atoms with van der Waals surface area (Å²) in [6, 6.07) is 11.0. The van der Waals surface area contributed by atoms with Gasteiger partial charge in [-0.3, -0.25) is 0 Å². The average Bonchev–Trinajstić information content (AvgIpc) is 2.28. The number of rotatable bonds is 5. The number of hydrogen-bond donors (Lipinski definition) is 1. The maximum absolute atomic E-state index is 9.10. The first-order valence-corrected chi connectivity index (χ1v) is 6.63. The summed E-state index contributed by atoms with van der Waals surface area (Å²) >= 11 is 0. The molecule has 1 rings (SSSR count).